The van der Waals surface area contributed by atoms with E-state index in [0.29, 0.717) is 12.1 Å². The molecule has 0 unspecified atom stereocenters. The minimum absolute atomic E-state index is 0.330. The molecule has 2 heteroatoms. The van der Waals surface area contributed by atoms with Crippen LogP contribution in [0.4, 0.5) is 0 Å². The zero-order valence-electron chi connectivity index (χ0n) is 9.76. The fourth-order valence-electron chi connectivity index (χ4n) is 3.04. The quantitative estimate of drug-likeness (QED) is 0.735. The molecule has 0 aromatic heterocycles. The summed E-state index contributed by atoms with van der Waals surface area (Å²) in [5.74, 6) is 0. The third-order valence-electron chi connectivity index (χ3n) is 3.80. The van der Waals surface area contributed by atoms with Crippen molar-refractivity contribution in [2.45, 2.75) is 57.9 Å². The second kappa shape index (κ2) is 5.72. The summed E-state index contributed by atoms with van der Waals surface area (Å²) in [4.78, 5) is 2.56. The largest absolute Gasteiger partial charge is 0.396 e. The van der Waals surface area contributed by atoms with E-state index in [-0.39, 0.29) is 0 Å². The lowest BCUT2D eigenvalue weighted by Gasteiger charge is -2.46. The van der Waals surface area contributed by atoms with Crippen molar-refractivity contribution < 1.29 is 5.11 Å². The van der Waals surface area contributed by atoms with Crippen LogP contribution in [-0.2, 0) is 0 Å². The summed E-state index contributed by atoms with van der Waals surface area (Å²) in [6, 6.07) is 0. The highest BCUT2D eigenvalue weighted by molar-refractivity contribution is 4.92. The molecule has 0 spiro atoms. The van der Waals surface area contributed by atoms with Gasteiger partial charge in [-0.05, 0) is 32.4 Å². The van der Waals surface area contributed by atoms with Crippen LogP contribution >= 0.6 is 0 Å². The molecule has 0 bridgehead atoms. The lowest BCUT2D eigenvalue weighted by Crippen LogP contribution is -2.50. The van der Waals surface area contributed by atoms with Crippen molar-refractivity contribution in [2.24, 2.45) is 0 Å². The minimum atomic E-state index is 0.330. The van der Waals surface area contributed by atoms with E-state index >= 15 is 0 Å². The van der Waals surface area contributed by atoms with Crippen LogP contribution in [-0.4, -0.2) is 35.2 Å². The predicted molar refractivity (Wildman–Crippen MR) is 60.4 cm³/mol. The number of aliphatic hydroxyl groups excluding tert-OH is 1. The summed E-state index contributed by atoms with van der Waals surface area (Å²) in [6.45, 7) is 7.05. The van der Waals surface area contributed by atoms with E-state index in [1.807, 2.05) is 0 Å². The molecule has 0 heterocycles. The molecule has 0 aromatic rings. The van der Waals surface area contributed by atoms with Gasteiger partial charge < -0.3 is 5.11 Å². The lowest BCUT2D eigenvalue weighted by molar-refractivity contribution is 0.0356. The predicted octanol–water partition coefficient (Wildman–Crippen LogP) is 2.41. The molecule has 1 aliphatic carbocycles. The number of nitrogens with zero attached hydrogens (tertiary/aromatic N) is 1. The summed E-state index contributed by atoms with van der Waals surface area (Å²) in [6.07, 6.45) is 7.61. The molecule has 0 aromatic carbocycles. The van der Waals surface area contributed by atoms with Gasteiger partial charge in [0, 0.05) is 12.1 Å². The molecule has 0 saturated heterocycles. The van der Waals surface area contributed by atoms with Gasteiger partial charge in [0.25, 0.3) is 0 Å². The Kier molecular flexibility index (Phi) is 4.90. The normalized spacial score (nSPS) is 21.4. The minimum Gasteiger partial charge on any atom is -0.396 e. The second-order valence-corrected chi connectivity index (χ2v) is 4.43. The first-order valence-electron chi connectivity index (χ1n) is 6.15. The molecule has 0 radical (unpaired) electrons. The van der Waals surface area contributed by atoms with Crippen molar-refractivity contribution in [1.29, 1.82) is 0 Å². The van der Waals surface area contributed by atoms with E-state index in [0.717, 1.165) is 19.5 Å². The number of aliphatic hydroxyl groups is 1. The van der Waals surface area contributed by atoms with E-state index < -0.39 is 0 Å². The Bertz CT molecular complexity index is 143. The second-order valence-electron chi connectivity index (χ2n) is 4.43. The summed E-state index contributed by atoms with van der Waals surface area (Å²) in [5.41, 5.74) is 0.330. The van der Waals surface area contributed by atoms with Gasteiger partial charge in [-0.15, -0.1) is 0 Å². The van der Waals surface area contributed by atoms with Gasteiger partial charge in [-0.3, -0.25) is 4.90 Å². The van der Waals surface area contributed by atoms with Crippen LogP contribution in [0, 0.1) is 0 Å². The van der Waals surface area contributed by atoms with Crippen LogP contribution < -0.4 is 0 Å². The summed E-state index contributed by atoms with van der Waals surface area (Å²) in [5, 5.41) is 9.20. The SMILES string of the molecule is CCN(CC)C1(CCO)CCCCC1. The molecule has 1 saturated carbocycles. The highest BCUT2D eigenvalue weighted by Gasteiger charge is 2.35. The van der Waals surface area contributed by atoms with Crippen molar-refractivity contribution in [3.63, 3.8) is 0 Å². The molecule has 14 heavy (non-hydrogen) atoms. The zero-order valence-corrected chi connectivity index (χ0v) is 9.76. The van der Waals surface area contributed by atoms with E-state index in [2.05, 4.69) is 18.7 Å². The van der Waals surface area contributed by atoms with Gasteiger partial charge in [-0.2, -0.15) is 0 Å². The van der Waals surface area contributed by atoms with Gasteiger partial charge in [-0.1, -0.05) is 33.1 Å². The van der Waals surface area contributed by atoms with Crippen LogP contribution in [0.15, 0.2) is 0 Å². The van der Waals surface area contributed by atoms with Gasteiger partial charge in [0.1, 0.15) is 0 Å². The van der Waals surface area contributed by atoms with Gasteiger partial charge in [0.2, 0.25) is 0 Å². The summed E-state index contributed by atoms with van der Waals surface area (Å²) >= 11 is 0. The average Bonchev–Trinajstić information content (AvgIpc) is 2.21. The number of rotatable bonds is 5. The van der Waals surface area contributed by atoms with Crippen LogP contribution in [0.1, 0.15) is 52.4 Å². The first-order chi connectivity index (χ1) is 6.79. The van der Waals surface area contributed by atoms with Crippen LogP contribution in [0.5, 0.6) is 0 Å². The molecule has 0 amide bonds. The van der Waals surface area contributed by atoms with Crippen molar-refractivity contribution in [1.82, 2.24) is 4.90 Å². The summed E-state index contributed by atoms with van der Waals surface area (Å²) in [7, 11) is 0. The highest BCUT2D eigenvalue weighted by Crippen LogP contribution is 2.36. The van der Waals surface area contributed by atoms with Gasteiger partial charge >= 0.3 is 0 Å². The average molecular weight is 199 g/mol. The first kappa shape index (κ1) is 12.0. The summed E-state index contributed by atoms with van der Waals surface area (Å²) < 4.78 is 0. The Morgan fingerprint density at radius 3 is 2.07 bits per heavy atom. The van der Waals surface area contributed by atoms with Crippen molar-refractivity contribution in [3.8, 4) is 0 Å². The van der Waals surface area contributed by atoms with Crippen molar-refractivity contribution >= 4 is 0 Å². The highest BCUT2D eigenvalue weighted by atomic mass is 16.3. The van der Waals surface area contributed by atoms with Crippen LogP contribution in [0.2, 0.25) is 0 Å². The van der Waals surface area contributed by atoms with E-state index in [1.54, 1.807) is 0 Å². The maximum Gasteiger partial charge on any atom is 0.0448 e. The Hall–Kier alpha value is -0.0800. The fraction of sp³-hybridized carbons (Fsp3) is 1.00. The molecule has 1 rings (SSSR count). The maximum atomic E-state index is 9.20. The van der Waals surface area contributed by atoms with Gasteiger partial charge in [0.15, 0.2) is 0 Å². The monoisotopic (exact) mass is 199 g/mol. The van der Waals surface area contributed by atoms with Gasteiger partial charge in [0.05, 0.1) is 0 Å². The van der Waals surface area contributed by atoms with E-state index in [4.69, 9.17) is 0 Å². The van der Waals surface area contributed by atoms with Crippen LogP contribution in [0.25, 0.3) is 0 Å². The fourth-order valence-corrected chi connectivity index (χ4v) is 3.04. The van der Waals surface area contributed by atoms with E-state index in [1.165, 1.54) is 32.1 Å². The number of hydrogen-bond donors (Lipinski definition) is 1. The molecular weight excluding hydrogens is 174 g/mol. The molecule has 84 valence electrons. The molecule has 1 N–H and O–H groups in total. The zero-order chi connectivity index (χ0) is 10.4. The third-order valence-corrected chi connectivity index (χ3v) is 3.80. The molecule has 2 nitrogen and oxygen atoms in total. The maximum absolute atomic E-state index is 9.20. The first-order valence-corrected chi connectivity index (χ1v) is 6.15. The molecule has 0 aliphatic heterocycles. The third kappa shape index (κ3) is 2.48. The Morgan fingerprint density at radius 1 is 1.07 bits per heavy atom. The molecule has 0 atom stereocenters. The Balaban J connectivity index is 2.67. The van der Waals surface area contributed by atoms with Crippen molar-refractivity contribution in [3.05, 3.63) is 0 Å². The molecule has 1 aliphatic rings. The Labute approximate surface area is 88.3 Å². The topological polar surface area (TPSA) is 23.5 Å². The smallest absolute Gasteiger partial charge is 0.0448 e. The number of hydrogen-bond acceptors (Lipinski definition) is 2. The van der Waals surface area contributed by atoms with Crippen LogP contribution in [0.3, 0.4) is 0 Å². The Morgan fingerprint density at radius 2 is 1.64 bits per heavy atom. The van der Waals surface area contributed by atoms with E-state index in [9.17, 15) is 5.11 Å². The van der Waals surface area contributed by atoms with Crippen molar-refractivity contribution in [2.75, 3.05) is 19.7 Å². The lowest BCUT2D eigenvalue weighted by atomic mass is 9.78. The molecule has 1 fully saturated rings. The molecular formula is C12H25NO. The standard InChI is InChI=1S/C12H25NO/c1-3-13(4-2)12(10-11-14)8-6-5-7-9-12/h14H,3-11H2,1-2H3. The van der Waals surface area contributed by atoms with Gasteiger partial charge in [-0.25, -0.2) is 0 Å².